The van der Waals surface area contributed by atoms with Crippen molar-refractivity contribution in [3.63, 3.8) is 0 Å². The molecule has 0 amide bonds. The Bertz CT molecular complexity index is 520. The van der Waals surface area contributed by atoms with Crippen molar-refractivity contribution in [2.24, 2.45) is 0 Å². The van der Waals surface area contributed by atoms with E-state index in [0.29, 0.717) is 9.09 Å². The van der Waals surface area contributed by atoms with Gasteiger partial charge in [-0.15, -0.1) is 5.10 Å². The Labute approximate surface area is 99.8 Å². The zero-order valence-corrected chi connectivity index (χ0v) is 10.5. The molecule has 4 nitrogen and oxygen atoms in total. The zero-order chi connectivity index (χ0) is 11.2. The maximum atomic E-state index is 13.8. The van der Waals surface area contributed by atoms with Gasteiger partial charge in [0.2, 0.25) is 5.95 Å². The maximum Gasteiger partial charge on any atom is 0.238 e. The molecule has 0 bridgehead atoms. The van der Waals surface area contributed by atoms with Crippen molar-refractivity contribution in [3.05, 3.63) is 21.3 Å². The summed E-state index contributed by atoms with van der Waals surface area (Å²) in [7, 11) is 0. The molecule has 2 N–H and O–H groups in total. The molecule has 0 saturated carbocycles. The summed E-state index contributed by atoms with van der Waals surface area (Å²) in [6.45, 7) is 3.98. The van der Waals surface area contributed by atoms with Crippen molar-refractivity contribution in [2.45, 2.75) is 19.8 Å². The van der Waals surface area contributed by atoms with Gasteiger partial charge in [-0.3, -0.25) is 0 Å². The first-order valence-electron chi connectivity index (χ1n) is 4.50. The van der Waals surface area contributed by atoms with Crippen LogP contribution in [-0.4, -0.2) is 14.6 Å². The number of nitrogens with two attached hydrogens (primary N) is 1. The van der Waals surface area contributed by atoms with Crippen LogP contribution in [0.15, 0.2) is 6.20 Å². The van der Waals surface area contributed by atoms with E-state index in [4.69, 9.17) is 5.73 Å². The van der Waals surface area contributed by atoms with Crippen LogP contribution in [0.5, 0.6) is 0 Å². The summed E-state index contributed by atoms with van der Waals surface area (Å²) in [5.74, 6) is 0.0540. The zero-order valence-electron chi connectivity index (χ0n) is 8.33. The highest BCUT2D eigenvalue weighted by molar-refractivity contribution is 14.1. The lowest BCUT2D eigenvalue weighted by atomic mass is 10.1. The van der Waals surface area contributed by atoms with Crippen molar-refractivity contribution in [2.75, 3.05) is 5.73 Å². The van der Waals surface area contributed by atoms with Gasteiger partial charge < -0.3 is 5.73 Å². The average Bonchev–Trinajstić information content (AvgIpc) is 2.39. The van der Waals surface area contributed by atoms with Gasteiger partial charge in [-0.1, -0.05) is 13.8 Å². The summed E-state index contributed by atoms with van der Waals surface area (Å²) in [5, 5.41) is 4.02. The van der Waals surface area contributed by atoms with Crippen LogP contribution in [0, 0.1) is 9.39 Å². The third-order valence-electron chi connectivity index (χ3n) is 2.17. The molecule has 0 atom stereocenters. The molecule has 0 aliphatic heterocycles. The fraction of sp³-hybridized carbons (Fsp3) is 0.333. The summed E-state index contributed by atoms with van der Waals surface area (Å²) in [6.07, 6.45) is 1.41. The largest absolute Gasteiger partial charge is 0.367 e. The lowest BCUT2D eigenvalue weighted by Gasteiger charge is -2.05. The molecule has 0 aliphatic carbocycles. The van der Waals surface area contributed by atoms with Crippen molar-refractivity contribution in [1.82, 2.24) is 14.6 Å². The van der Waals surface area contributed by atoms with Gasteiger partial charge in [-0.2, -0.15) is 0 Å². The first-order chi connectivity index (χ1) is 7.02. The minimum Gasteiger partial charge on any atom is -0.367 e. The highest BCUT2D eigenvalue weighted by Gasteiger charge is 2.19. The molecule has 0 unspecified atom stereocenters. The van der Waals surface area contributed by atoms with Crippen LogP contribution in [-0.2, 0) is 0 Å². The number of aromatic nitrogens is 3. The number of rotatable bonds is 1. The molecule has 0 fully saturated rings. The van der Waals surface area contributed by atoms with Gasteiger partial charge >= 0.3 is 0 Å². The van der Waals surface area contributed by atoms with Gasteiger partial charge in [-0.05, 0) is 28.5 Å². The minimum absolute atomic E-state index is 0.149. The fourth-order valence-electron chi connectivity index (χ4n) is 1.51. The smallest absolute Gasteiger partial charge is 0.238 e. The molecule has 15 heavy (non-hydrogen) atoms. The van der Waals surface area contributed by atoms with Crippen LogP contribution in [0.4, 0.5) is 10.3 Å². The van der Waals surface area contributed by atoms with Crippen LogP contribution in [0.1, 0.15) is 25.5 Å². The van der Waals surface area contributed by atoms with Crippen LogP contribution < -0.4 is 5.73 Å². The van der Waals surface area contributed by atoms with E-state index < -0.39 is 0 Å². The summed E-state index contributed by atoms with van der Waals surface area (Å²) >= 11 is 1.98. The number of halogens is 2. The van der Waals surface area contributed by atoms with Gasteiger partial charge in [0, 0.05) is 0 Å². The van der Waals surface area contributed by atoms with E-state index in [9.17, 15) is 4.39 Å². The molecule has 6 heteroatoms. The predicted molar refractivity (Wildman–Crippen MR) is 64.2 cm³/mol. The molecule has 0 spiro atoms. The Balaban J connectivity index is 2.88. The molecule has 0 radical (unpaired) electrons. The van der Waals surface area contributed by atoms with E-state index in [1.54, 1.807) is 0 Å². The molecule has 0 aliphatic rings. The highest BCUT2D eigenvalue weighted by Crippen LogP contribution is 2.28. The topological polar surface area (TPSA) is 56.2 Å². The minimum atomic E-state index is -0.278. The molecule has 2 aromatic rings. The summed E-state index contributed by atoms with van der Waals surface area (Å²) in [6, 6.07) is 0. The molecule has 80 valence electrons. The Morgan fingerprint density at radius 1 is 1.53 bits per heavy atom. The molecule has 0 saturated heterocycles. The third-order valence-corrected chi connectivity index (χ3v) is 3.19. The van der Waals surface area contributed by atoms with Crippen molar-refractivity contribution >= 4 is 34.1 Å². The molecule has 2 rings (SSSR count). The Morgan fingerprint density at radius 2 is 2.20 bits per heavy atom. The molecule has 0 aromatic carbocycles. The highest BCUT2D eigenvalue weighted by atomic mass is 127. The van der Waals surface area contributed by atoms with Crippen LogP contribution in [0.2, 0.25) is 0 Å². The van der Waals surface area contributed by atoms with Gasteiger partial charge in [0.1, 0.15) is 5.52 Å². The molecular formula is C9H10FIN4. The molecule has 2 aromatic heterocycles. The van der Waals surface area contributed by atoms with Crippen LogP contribution in [0.3, 0.4) is 0 Å². The molecular weight excluding hydrogens is 310 g/mol. The van der Waals surface area contributed by atoms with Crippen LogP contribution in [0.25, 0.3) is 5.52 Å². The summed E-state index contributed by atoms with van der Waals surface area (Å²) < 4.78 is 15.9. The Morgan fingerprint density at radius 3 is 2.80 bits per heavy atom. The Kier molecular flexibility index (Phi) is 2.53. The lowest BCUT2D eigenvalue weighted by Crippen LogP contribution is -2.05. The first kappa shape index (κ1) is 10.6. The van der Waals surface area contributed by atoms with Crippen molar-refractivity contribution in [1.29, 1.82) is 0 Å². The number of anilines is 1. The summed E-state index contributed by atoms with van der Waals surface area (Å²) in [5.41, 5.74) is 6.69. The quantitative estimate of drug-likeness (QED) is 0.820. The average molecular weight is 320 g/mol. The van der Waals surface area contributed by atoms with E-state index in [2.05, 4.69) is 10.1 Å². The SMILES string of the molecule is CC(C)c1c(I)c(F)c2cnc(N)nn12. The van der Waals surface area contributed by atoms with Gasteiger partial charge in [0.25, 0.3) is 0 Å². The maximum absolute atomic E-state index is 13.8. The normalized spacial score (nSPS) is 11.5. The van der Waals surface area contributed by atoms with Gasteiger partial charge in [0.15, 0.2) is 5.82 Å². The van der Waals surface area contributed by atoms with E-state index in [0.717, 1.165) is 5.69 Å². The van der Waals surface area contributed by atoms with Crippen molar-refractivity contribution in [3.8, 4) is 0 Å². The number of nitrogens with zero attached hydrogens (tertiary/aromatic N) is 3. The standard InChI is InChI=1S/C9H10FIN4/c1-4(2)8-7(11)6(10)5-3-13-9(12)14-15(5)8/h3-4H,1-2H3,(H2,12,14). The lowest BCUT2D eigenvalue weighted by molar-refractivity contribution is 0.631. The van der Waals surface area contributed by atoms with Gasteiger partial charge in [-0.25, -0.2) is 13.9 Å². The second-order valence-corrected chi connectivity index (χ2v) is 4.66. The predicted octanol–water partition coefficient (Wildman–Crippen LogP) is 2.18. The third kappa shape index (κ3) is 1.56. The second-order valence-electron chi connectivity index (χ2n) is 3.58. The van der Waals surface area contributed by atoms with E-state index in [1.807, 2.05) is 36.4 Å². The number of nitrogen functional groups attached to an aromatic ring is 1. The fourth-order valence-corrected chi connectivity index (χ4v) is 2.64. The van der Waals surface area contributed by atoms with Crippen LogP contribution >= 0.6 is 22.6 Å². The Hall–Kier alpha value is -0.920. The molecule has 2 heterocycles. The van der Waals surface area contributed by atoms with E-state index in [-0.39, 0.29) is 17.7 Å². The number of fused-ring (bicyclic) bond motifs is 1. The summed E-state index contributed by atoms with van der Waals surface area (Å²) in [4.78, 5) is 3.78. The monoisotopic (exact) mass is 320 g/mol. The van der Waals surface area contributed by atoms with Gasteiger partial charge in [0.05, 0.1) is 15.5 Å². The van der Waals surface area contributed by atoms with E-state index in [1.165, 1.54) is 10.7 Å². The van der Waals surface area contributed by atoms with E-state index >= 15 is 0 Å². The number of hydrogen-bond donors (Lipinski definition) is 1. The first-order valence-corrected chi connectivity index (χ1v) is 5.58. The number of hydrogen-bond acceptors (Lipinski definition) is 3. The second kappa shape index (κ2) is 3.58. The van der Waals surface area contributed by atoms with Crippen molar-refractivity contribution < 1.29 is 4.39 Å².